The maximum atomic E-state index is 5.68. The summed E-state index contributed by atoms with van der Waals surface area (Å²) >= 11 is 5.68. The van der Waals surface area contributed by atoms with Gasteiger partial charge in [0.2, 0.25) is 5.28 Å². The van der Waals surface area contributed by atoms with E-state index in [1.165, 1.54) is 0 Å². The van der Waals surface area contributed by atoms with Crippen molar-refractivity contribution in [3.05, 3.63) is 17.5 Å². The van der Waals surface area contributed by atoms with Crippen LogP contribution in [0.2, 0.25) is 5.28 Å². The van der Waals surface area contributed by atoms with Crippen LogP contribution < -0.4 is 5.32 Å². The van der Waals surface area contributed by atoms with Crippen molar-refractivity contribution in [1.82, 2.24) is 9.97 Å². The summed E-state index contributed by atoms with van der Waals surface area (Å²) in [5.41, 5.74) is 0. The standard InChI is InChI=1S/C10H14ClN3O/c1-2-15-8-5-7(6-8)13-9-3-4-12-10(11)14-9/h3-4,7-8H,2,5-6H2,1H3,(H,12,13,14). The molecule has 2 rings (SSSR count). The highest BCUT2D eigenvalue weighted by molar-refractivity contribution is 6.28. The lowest BCUT2D eigenvalue weighted by atomic mass is 9.89. The summed E-state index contributed by atoms with van der Waals surface area (Å²) in [4.78, 5) is 7.89. The monoisotopic (exact) mass is 227 g/mol. The molecule has 82 valence electrons. The first-order valence-electron chi connectivity index (χ1n) is 5.14. The van der Waals surface area contributed by atoms with Crippen LogP contribution in [-0.4, -0.2) is 28.7 Å². The predicted molar refractivity (Wildman–Crippen MR) is 59.1 cm³/mol. The Kier molecular flexibility index (Phi) is 3.38. The van der Waals surface area contributed by atoms with Crippen molar-refractivity contribution < 1.29 is 4.74 Å². The molecule has 1 aliphatic carbocycles. The summed E-state index contributed by atoms with van der Waals surface area (Å²) < 4.78 is 5.47. The van der Waals surface area contributed by atoms with Crippen LogP contribution in [-0.2, 0) is 4.74 Å². The molecule has 4 nitrogen and oxygen atoms in total. The largest absolute Gasteiger partial charge is 0.378 e. The Balaban J connectivity index is 1.80. The van der Waals surface area contributed by atoms with Gasteiger partial charge in [-0.3, -0.25) is 0 Å². The van der Waals surface area contributed by atoms with Crippen LogP contribution in [0.3, 0.4) is 0 Å². The minimum absolute atomic E-state index is 0.278. The molecule has 1 aliphatic rings. The van der Waals surface area contributed by atoms with E-state index in [1.807, 2.05) is 13.0 Å². The maximum absolute atomic E-state index is 5.68. The molecule has 1 N–H and O–H groups in total. The summed E-state index contributed by atoms with van der Waals surface area (Å²) in [6.07, 6.45) is 4.13. The van der Waals surface area contributed by atoms with E-state index >= 15 is 0 Å². The van der Waals surface area contributed by atoms with Crippen molar-refractivity contribution in [2.24, 2.45) is 0 Å². The van der Waals surface area contributed by atoms with Gasteiger partial charge in [0.05, 0.1) is 6.10 Å². The summed E-state index contributed by atoms with van der Waals surface area (Å²) in [7, 11) is 0. The summed E-state index contributed by atoms with van der Waals surface area (Å²) in [6, 6.07) is 2.27. The molecule has 5 heteroatoms. The van der Waals surface area contributed by atoms with Crippen molar-refractivity contribution in [3.8, 4) is 0 Å². The Bertz CT molecular complexity index is 328. The molecule has 1 aromatic rings. The van der Waals surface area contributed by atoms with Gasteiger partial charge in [-0.1, -0.05) is 0 Å². The second-order valence-electron chi connectivity index (χ2n) is 3.60. The smallest absolute Gasteiger partial charge is 0.224 e. The van der Waals surface area contributed by atoms with Crippen molar-refractivity contribution in [3.63, 3.8) is 0 Å². The van der Waals surface area contributed by atoms with Gasteiger partial charge in [0.1, 0.15) is 5.82 Å². The zero-order valence-electron chi connectivity index (χ0n) is 8.61. The molecule has 1 saturated carbocycles. The molecule has 0 amide bonds. The van der Waals surface area contributed by atoms with E-state index in [0.29, 0.717) is 12.1 Å². The molecule has 0 spiro atoms. The van der Waals surface area contributed by atoms with Gasteiger partial charge in [0, 0.05) is 18.8 Å². The zero-order valence-corrected chi connectivity index (χ0v) is 9.37. The first kappa shape index (κ1) is 10.6. The molecular weight excluding hydrogens is 214 g/mol. The Morgan fingerprint density at radius 2 is 2.40 bits per heavy atom. The normalized spacial score (nSPS) is 24.7. The van der Waals surface area contributed by atoms with Crippen molar-refractivity contribution in [2.75, 3.05) is 11.9 Å². The van der Waals surface area contributed by atoms with E-state index in [-0.39, 0.29) is 5.28 Å². The van der Waals surface area contributed by atoms with Crippen LogP contribution in [0, 0.1) is 0 Å². The minimum atomic E-state index is 0.278. The molecule has 0 saturated heterocycles. The highest BCUT2D eigenvalue weighted by atomic mass is 35.5. The lowest BCUT2D eigenvalue weighted by Crippen LogP contribution is -2.41. The number of halogens is 1. The third-order valence-electron chi connectivity index (χ3n) is 2.48. The van der Waals surface area contributed by atoms with Crippen LogP contribution in [0.25, 0.3) is 0 Å². The zero-order chi connectivity index (χ0) is 10.7. The van der Waals surface area contributed by atoms with E-state index in [2.05, 4.69) is 15.3 Å². The van der Waals surface area contributed by atoms with E-state index in [0.717, 1.165) is 25.3 Å². The number of aromatic nitrogens is 2. The van der Waals surface area contributed by atoms with E-state index in [9.17, 15) is 0 Å². The van der Waals surface area contributed by atoms with Gasteiger partial charge in [-0.05, 0) is 37.4 Å². The number of rotatable bonds is 4. The quantitative estimate of drug-likeness (QED) is 0.801. The minimum Gasteiger partial charge on any atom is -0.378 e. The summed E-state index contributed by atoms with van der Waals surface area (Å²) in [5, 5.41) is 3.57. The van der Waals surface area contributed by atoms with Crippen LogP contribution in [0.1, 0.15) is 19.8 Å². The van der Waals surface area contributed by atoms with Gasteiger partial charge in [0.15, 0.2) is 0 Å². The van der Waals surface area contributed by atoms with E-state index < -0.39 is 0 Å². The van der Waals surface area contributed by atoms with Crippen molar-refractivity contribution >= 4 is 17.4 Å². The van der Waals surface area contributed by atoms with Crippen molar-refractivity contribution in [2.45, 2.75) is 31.9 Å². The van der Waals surface area contributed by atoms with Gasteiger partial charge in [0.25, 0.3) is 0 Å². The van der Waals surface area contributed by atoms with Gasteiger partial charge in [-0.25, -0.2) is 9.97 Å². The molecule has 1 heterocycles. The van der Waals surface area contributed by atoms with Crippen LogP contribution in [0.15, 0.2) is 12.3 Å². The Morgan fingerprint density at radius 3 is 3.07 bits per heavy atom. The Morgan fingerprint density at radius 1 is 1.60 bits per heavy atom. The number of hydrogen-bond donors (Lipinski definition) is 1. The highest BCUT2D eigenvalue weighted by Gasteiger charge is 2.29. The van der Waals surface area contributed by atoms with Gasteiger partial charge in [-0.15, -0.1) is 0 Å². The number of nitrogens with one attached hydrogen (secondary N) is 1. The highest BCUT2D eigenvalue weighted by Crippen LogP contribution is 2.26. The van der Waals surface area contributed by atoms with E-state index in [4.69, 9.17) is 16.3 Å². The lowest BCUT2D eigenvalue weighted by Gasteiger charge is -2.35. The third kappa shape index (κ3) is 2.79. The third-order valence-corrected chi connectivity index (χ3v) is 2.66. The Hall–Kier alpha value is -0.870. The Labute approximate surface area is 94.0 Å². The van der Waals surface area contributed by atoms with E-state index in [1.54, 1.807) is 6.20 Å². The van der Waals surface area contributed by atoms with Crippen molar-refractivity contribution in [1.29, 1.82) is 0 Å². The molecule has 0 aliphatic heterocycles. The maximum Gasteiger partial charge on any atom is 0.224 e. The molecule has 0 aromatic carbocycles. The first-order chi connectivity index (χ1) is 7.28. The average Bonchev–Trinajstić information content (AvgIpc) is 2.15. The second-order valence-corrected chi connectivity index (χ2v) is 3.94. The topological polar surface area (TPSA) is 47.0 Å². The molecule has 0 atom stereocenters. The van der Waals surface area contributed by atoms with Crippen LogP contribution >= 0.6 is 11.6 Å². The van der Waals surface area contributed by atoms with Crippen LogP contribution in [0.5, 0.6) is 0 Å². The lowest BCUT2D eigenvalue weighted by molar-refractivity contribution is 0.00292. The molecule has 15 heavy (non-hydrogen) atoms. The SMILES string of the molecule is CCOC1CC(Nc2ccnc(Cl)n2)C1. The number of anilines is 1. The number of nitrogens with zero attached hydrogens (tertiary/aromatic N) is 2. The van der Waals surface area contributed by atoms with Gasteiger partial charge < -0.3 is 10.1 Å². The fourth-order valence-corrected chi connectivity index (χ4v) is 1.83. The fraction of sp³-hybridized carbons (Fsp3) is 0.600. The predicted octanol–water partition coefficient (Wildman–Crippen LogP) is 2.11. The molecule has 0 radical (unpaired) electrons. The molecular formula is C10H14ClN3O. The molecule has 1 fully saturated rings. The number of hydrogen-bond acceptors (Lipinski definition) is 4. The average molecular weight is 228 g/mol. The summed E-state index contributed by atoms with van der Waals surface area (Å²) in [5.74, 6) is 0.787. The molecule has 0 bridgehead atoms. The second kappa shape index (κ2) is 4.77. The van der Waals surface area contributed by atoms with Gasteiger partial charge in [-0.2, -0.15) is 0 Å². The fourth-order valence-electron chi connectivity index (χ4n) is 1.68. The first-order valence-corrected chi connectivity index (χ1v) is 5.52. The van der Waals surface area contributed by atoms with Gasteiger partial charge >= 0.3 is 0 Å². The molecule has 0 unspecified atom stereocenters. The summed E-state index contributed by atoms with van der Waals surface area (Å²) in [6.45, 7) is 2.81. The number of ether oxygens (including phenoxy) is 1. The van der Waals surface area contributed by atoms with Crippen LogP contribution in [0.4, 0.5) is 5.82 Å². The molecule has 1 aromatic heterocycles.